The van der Waals surface area contributed by atoms with Crippen molar-refractivity contribution in [3.05, 3.63) is 60.3 Å². The van der Waals surface area contributed by atoms with Crippen molar-refractivity contribution in [1.82, 2.24) is 4.98 Å². The lowest BCUT2D eigenvalue weighted by atomic mass is 10.1. The van der Waals surface area contributed by atoms with Crippen molar-refractivity contribution in [2.75, 3.05) is 11.1 Å². The Morgan fingerprint density at radius 2 is 1.74 bits per heavy atom. The molecule has 0 aliphatic rings. The van der Waals surface area contributed by atoms with Crippen LogP contribution in [-0.2, 0) is 0 Å². The Morgan fingerprint density at radius 3 is 2.58 bits per heavy atom. The predicted octanol–water partition coefficient (Wildman–Crippen LogP) is 3.87. The molecule has 2 aromatic carbocycles. The highest BCUT2D eigenvalue weighted by Gasteiger charge is 2.02. The van der Waals surface area contributed by atoms with Gasteiger partial charge in [0.15, 0.2) is 5.82 Å². The fourth-order valence-electron chi connectivity index (χ4n) is 2.07. The maximum absolute atomic E-state index is 5.92. The third kappa shape index (κ3) is 2.36. The second kappa shape index (κ2) is 4.61. The summed E-state index contributed by atoms with van der Waals surface area (Å²) in [6.07, 6.45) is 0. The highest BCUT2D eigenvalue weighted by Crippen LogP contribution is 2.24. The second-order valence-corrected chi connectivity index (χ2v) is 4.58. The van der Waals surface area contributed by atoms with Crippen LogP contribution in [-0.4, -0.2) is 4.98 Å². The molecule has 3 N–H and O–H groups in total. The molecule has 0 bridgehead atoms. The highest BCUT2D eigenvalue weighted by molar-refractivity contribution is 5.86. The Labute approximate surface area is 112 Å². The first kappa shape index (κ1) is 11.5. The van der Waals surface area contributed by atoms with Crippen molar-refractivity contribution in [3.63, 3.8) is 0 Å². The number of nitrogens with zero attached hydrogens (tertiary/aromatic N) is 1. The molecule has 1 aromatic heterocycles. The van der Waals surface area contributed by atoms with E-state index in [1.54, 1.807) is 0 Å². The maximum atomic E-state index is 5.92. The molecule has 1 heterocycles. The minimum Gasteiger partial charge on any atom is -0.396 e. The van der Waals surface area contributed by atoms with Crippen LogP contribution < -0.4 is 11.1 Å². The Hall–Kier alpha value is -2.55. The zero-order valence-electron chi connectivity index (χ0n) is 10.7. The van der Waals surface area contributed by atoms with Crippen LogP contribution in [0.1, 0.15) is 5.69 Å². The van der Waals surface area contributed by atoms with Crippen LogP contribution in [0, 0.1) is 6.92 Å². The van der Waals surface area contributed by atoms with Crippen molar-refractivity contribution in [1.29, 1.82) is 0 Å². The smallest absolute Gasteiger partial charge is 0.153 e. The minimum absolute atomic E-state index is 0.652. The van der Waals surface area contributed by atoms with Crippen molar-refractivity contribution >= 4 is 28.0 Å². The molecule has 0 amide bonds. The third-order valence-corrected chi connectivity index (χ3v) is 3.08. The summed E-state index contributed by atoms with van der Waals surface area (Å²) in [4.78, 5) is 4.41. The SMILES string of the molecule is Cc1ccc(N)c(Nc2ccc3ccccc3c2)n1. The molecule has 0 aliphatic carbocycles. The molecular weight excluding hydrogens is 234 g/mol. The standard InChI is InChI=1S/C16H15N3/c1-11-6-9-15(17)16(18-11)19-14-8-7-12-4-2-3-5-13(12)10-14/h2-10H,17H2,1H3,(H,18,19). The fraction of sp³-hybridized carbons (Fsp3) is 0.0625. The van der Waals surface area contributed by atoms with Crippen LogP contribution in [0.25, 0.3) is 10.8 Å². The topological polar surface area (TPSA) is 50.9 Å². The van der Waals surface area contributed by atoms with Gasteiger partial charge in [-0.3, -0.25) is 0 Å². The van der Waals surface area contributed by atoms with E-state index in [-0.39, 0.29) is 0 Å². The van der Waals surface area contributed by atoms with Crippen LogP contribution in [0.4, 0.5) is 17.2 Å². The summed E-state index contributed by atoms with van der Waals surface area (Å²) in [6.45, 7) is 1.95. The number of nitrogens with two attached hydrogens (primary N) is 1. The van der Waals surface area contributed by atoms with Crippen LogP contribution in [0.3, 0.4) is 0 Å². The molecule has 0 spiro atoms. The van der Waals surface area contributed by atoms with E-state index in [0.29, 0.717) is 11.5 Å². The average Bonchev–Trinajstić information content (AvgIpc) is 2.43. The van der Waals surface area contributed by atoms with E-state index in [1.807, 2.05) is 37.3 Å². The van der Waals surface area contributed by atoms with Gasteiger partial charge in [-0.25, -0.2) is 4.98 Å². The molecule has 0 aliphatic heterocycles. The number of hydrogen-bond donors (Lipinski definition) is 2. The number of anilines is 3. The van der Waals surface area contributed by atoms with Crippen LogP contribution in [0.15, 0.2) is 54.6 Å². The first-order valence-corrected chi connectivity index (χ1v) is 6.21. The van der Waals surface area contributed by atoms with Crippen molar-refractivity contribution in [2.24, 2.45) is 0 Å². The van der Waals surface area contributed by atoms with E-state index in [2.05, 4.69) is 34.6 Å². The van der Waals surface area contributed by atoms with Crippen molar-refractivity contribution in [2.45, 2.75) is 6.92 Å². The Morgan fingerprint density at radius 1 is 0.947 bits per heavy atom. The number of aromatic nitrogens is 1. The van der Waals surface area contributed by atoms with Gasteiger partial charge in [-0.15, -0.1) is 0 Å². The molecular formula is C16H15N3. The lowest BCUT2D eigenvalue weighted by Gasteiger charge is -2.10. The number of nitrogen functional groups attached to an aromatic ring is 1. The Kier molecular flexibility index (Phi) is 2.80. The molecule has 0 saturated heterocycles. The predicted molar refractivity (Wildman–Crippen MR) is 80.6 cm³/mol. The van der Waals surface area contributed by atoms with Gasteiger partial charge in [0.25, 0.3) is 0 Å². The lowest BCUT2D eigenvalue weighted by Crippen LogP contribution is -2.00. The van der Waals surface area contributed by atoms with Gasteiger partial charge in [-0.1, -0.05) is 30.3 Å². The van der Waals surface area contributed by atoms with E-state index in [9.17, 15) is 0 Å². The van der Waals surface area contributed by atoms with Gasteiger partial charge in [0, 0.05) is 11.4 Å². The van der Waals surface area contributed by atoms with Gasteiger partial charge in [0.2, 0.25) is 0 Å². The Balaban J connectivity index is 1.98. The fourth-order valence-corrected chi connectivity index (χ4v) is 2.07. The molecule has 3 nitrogen and oxygen atoms in total. The van der Waals surface area contributed by atoms with Gasteiger partial charge >= 0.3 is 0 Å². The summed E-state index contributed by atoms with van der Waals surface area (Å²) in [5.74, 6) is 0.704. The summed E-state index contributed by atoms with van der Waals surface area (Å²) < 4.78 is 0. The Bertz CT molecular complexity index is 735. The second-order valence-electron chi connectivity index (χ2n) is 4.58. The number of fused-ring (bicyclic) bond motifs is 1. The molecule has 94 valence electrons. The zero-order valence-corrected chi connectivity index (χ0v) is 10.7. The molecule has 0 unspecified atom stereocenters. The van der Waals surface area contributed by atoms with Gasteiger partial charge < -0.3 is 11.1 Å². The molecule has 0 saturated carbocycles. The normalized spacial score (nSPS) is 10.6. The summed E-state index contributed by atoms with van der Waals surface area (Å²) in [5.41, 5.74) is 8.51. The van der Waals surface area contributed by atoms with Gasteiger partial charge in [0.05, 0.1) is 5.69 Å². The molecule has 3 rings (SSSR count). The number of rotatable bonds is 2. The first-order chi connectivity index (χ1) is 9.22. The molecule has 0 atom stereocenters. The van der Waals surface area contributed by atoms with Crippen LogP contribution >= 0.6 is 0 Å². The van der Waals surface area contributed by atoms with Crippen LogP contribution in [0.5, 0.6) is 0 Å². The quantitative estimate of drug-likeness (QED) is 0.725. The van der Waals surface area contributed by atoms with Gasteiger partial charge in [-0.05, 0) is 42.0 Å². The van der Waals surface area contributed by atoms with Gasteiger partial charge in [-0.2, -0.15) is 0 Å². The third-order valence-electron chi connectivity index (χ3n) is 3.08. The van der Waals surface area contributed by atoms with Crippen molar-refractivity contribution < 1.29 is 0 Å². The molecule has 0 fully saturated rings. The van der Waals surface area contributed by atoms with E-state index >= 15 is 0 Å². The number of benzene rings is 2. The minimum atomic E-state index is 0.652. The summed E-state index contributed by atoms with van der Waals surface area (Å²) in [5, 5.41) is 5.68. The van der Waals surface area contributed by atoms with E-state index in [0.717, 1.165) is 11.4 Å². The summed E-state index contributed by atoms with van der Waals surface area (Å²) >= 11 is 0. The van der Waals surface area contributed by atoms with E-state index in [4.69, 9.17) is 5.73 Å². The summed E-state index contributed by atoms with van der Waals surface area (Å²) in [6, 6.07) is 18.2. The maximum Gasteiger partial charge on any atom is 0.153 e. The lowest BCUT2D eigenvalue weighted by molar-refractivity contribution is 1.20. The largest absolute Gasteiger partial charge is 0.396 e. The molecule has 3 aromatic rings. The first-order valence-electron chi connectivity index (χ1n) is 6.21. The van der Waals surface area contributed by atoms with E-state index < -0.39 is 0 Å². The number of hydrogen-bond acceptors (Lipinski definition) is 3. The van der Waals surface area contributed by atoms with Crippen molar-refractivity contribution in [3.8, 4) is 0 Å². The van der Waals surface area contributed by atoms with Gasteiger partial charge in [0.1, 0.15) is 0 Å². The molecule has 19 heavy (non-hydrogen) atoms. The number of pyridine rings is 1. The van der Waals surface area contributed by atoms with Crippen LogP contribution in [0.2, 0.25) is 0 Å². The number of nitrogens with one attached hydrogen (secondary N) is 1. The zero-order chi connectivity index (χ0) is 13.2. The molecule has 0 radical (unpaired) electrons. The van der Waals surface area contributed by atoms with E-state index in [1.165, 1.54) is 10.8 Å². The number of aryl methyl sites for hydroxylation is 1. The average molecular weight is 249 g/mol. The monoisotopic (exact) mass is 249 g/mol. The highest BCUT2D eigenvalue weighted by atomic mass is 15.0. The summed E-state index contributed by atoms with van der Waals surface area (Å²) in [7, 11) is 0. The molecule has 3 heteroatoms.